The first-order valence-electron chi connectivity index (χ1n) is 7.74. The monoisotopic (exact) mass is 293 g/mol. The molecular weight excluding hydrogens is 270 g/mol. The third-order valence-electron chi connectivity index (χ3n) is 4.14. The quantitative estimate of drug-likeness (QED) is 0.892. The Kier molecular flexibility index (Phi) is 4.26. The van der Waals surface area contributed by atoms with Crippen molar-refractivity contribution in [3.63, 3.8) is 0 Å². The lowest BCUT2D eigenvalue weighted by Gasteiger charge is -2.34. The highest BCUT2D eigenvalue weighted by atomic mass is 16.5. The summed E-state index contributed by atoms with van der Waals surface area (Å²) >= 11 is 0. The number of rotatable bonds is 2. The lowest BCUT2D eigenvalue weighted by molar-refractivity contribution is -0.0587. The molecule has 6 heteroatoms. The van der Waals surface area contributed by atoms with E-state index in [1.165, 1.54) is 6.26 Å². The van der Waals surface area contributed by atoms with Crippen molar-refractivity contribution < 1.29 is 13.9 Å². The molecule has 2 aliphatic rings. The van der Waals surface area contributed by atoms with Gasteiger partial charge in [-0.2, -0.15) is 0 Å². The normalized spacial score (nSPS) is 27.8. The first kappa shape index (κ1) is 14.5. The standard InChI is InChI=1S/C15H23N3O3/c1-10-7-18(8-11(2)21-10)15(19)13-9-20-14(17-13)12-3-5-16-6-4-12/h9-12,16H,3-8H2,1-2H3. The Labute approximate surface area is 124 Å². The van der Waals surface area contributed by atoms with E-state index < -0.39 is 0 Å². The highest BCUT2D eigenvalue weighted by Gasteiger charge is 2.29. The van der Waals surface area contributed by atoms with Gasteiger partial charge in [-0.3, -0.25) is 4.79 Å². The lowest BCUT2D eigenvalue weighted by Crippen LogP contribution is -2.48. The van der Waals surface area contributed by atoms with Crippen LogP contribution in [0.4, 0.5) is 0 Å². The number of nitrogens with one attached hydrogen (secondary N) is 1. The molecule has 1 aromatic rings. The highest BCUT2D eigenvalue weighted by Crippen LogP contribution is 2.25. The fourth-order valence-corrected chi connectivity index (χ4v) is 3.15. The SMILES string of the molecule is CC1CN(C(=O)c2coc(C3CCNCC3)n2)CC(C)O1. The van der Waals surface area contributed by atoms with Crippen LogP contribution in [0.25, 0.3) is 0 Å². The fourth-order valence-electron chi connectivity index (χ4n) is 3.15. The van der Waals surface area contributed by atoms with E-state index >= 15 is 0 Å². The van der Waals surface area contributed by atoms with Crippen LogP contribution in [-0.4, -0.2) is 54.2 Å². The summed E-state index contributed by atoms with van der Waals surface area (Å²) in [6.45, 7) is 7.15. The van der Waals surface area contributed by atoms with Crippen molar-refractivity contribution in [2.75, 3.05) is 26.2 Å². The smallest absolute Gasteiger partial charge is 0.275 e. The molecule has 0 radical (unpaired) electrons. The van der Waals surface area contributed by atoms with Gasteiger partial charge >= 0.3 is 0 Å². The van der Waals surface area contributed by atoms with Crippen LogP contribution in [0.5, 0.6) is 0 Å². The lowest BCUT2D eigenvalue weighted by atomic mass is 9.98. The largest absolute Gasteiger partial charge is 0.448 e. The van der Waals surface area contributed by atoms with Crippen molar-refractivity contribution in [3.8, 4) is 0 Å². The Morgan fingerprint density at radius 1 is 1.29 bits per heavy atom. The topological polar surface area (TPSA) is 67.6 Å². The van der Waals surface area contributed by atoms with Gasteiger partial charge in [0, 0.05) is 19.0 Å². The maximum absolute atomic E-state index is 12.5. The summed E-state index contributed by atoms with van der Waals surface area (Å²) in [6, 6.07) is 0. The van der Waals surface area contributed by atoms with Crippen LogP contribution >= 0.6 is 0 Å². The number of morpholine rings is 1. The second kappa shape index (κ2) is 6.15. The predicted molar refractivity (Wildman–Crippen MR) is 77.3 cm³/mol. The van der Waals surface area contributed by atoms with Crippen LogP contribution in [0.15, 0.2) is 10.7 Å². The van der Waals surface area contributed by atoms with E-state index in [0.717, 1.165) is 25.9 Å². The first-order chi connectivity index (χ1) is 10.1. The molecule has 2 fully saturated rings. The van der Waals surface area contributed by atoms with E-state index in [-0.39, 0.29) is 18.1 Å². The van der Waals surface area contributed by atoms with E-state index in [1.54, 1.807) is 0 Å². The number of piperidine rings is 1. The van der Waals surface area contributed by atoms with Crippen molar-refractivity contribution in [2.45, 2.75) is 44.8 Å². The molecule has 3 rings (SSSR count). The van der Waals surface area contributed by atoms with Crippen LogP contribution in [0.2, 0.25) is 0 Å². The molecule has 0 saturated carbocycles. The molecule has 6 nitrogen and oxygen atoms in total. The third-order valence-corrected chi connectivity index (χ3v) is 4.14. The van der Waals surface area contributed by atoms with Gasteiger partial charge in [0.05, 0.1) is 12.2 Å². The Bertz CT molecular complexity index is 486. The molecule has 2 saturated heterocycles. The molecular formula is C15H23N3O3. The highest BCUT2D eigenvalue weighted by molar-refractivity contribution is 5.92. The Morgan fingerprint density at radius 2 is 1.95 bits per heavy atom. The minimum absolute atomic E-state index is 0.0547. The van der Waals surface area contributed by atoms with E-state index in [0.29, 0.717) is 30.6 Å². The molecule has 1 N–H and O–H groups in total. The molecule has 2 unspecified atom stereocenters. The maximum Gasteiger partial charge on any atom is 0.275 e. The number of hydrogen-bond acceptors (Lipinski definition) is 5. The second-order valence-corrected chi connectivity index (χ2v) is 6.06. The Balaban J connectivity index is 1.68. The summed E-state index contributed by atoms with van der Waals surface area (Å²) in [4.78, 5) is 18.8. The van der Waals surface area contributed by atoms with Crippen LogP contribution < -0.4 is 5.32 Å². The molecule has 116 valence electrons. The predicted octanol–water partition coefficient (Wildman–Crippen LogP) is 1.39. The van der Waals surface area contributed by atoms with E-state index in [1.807, 2.05) is 18.7 Å². The van der Waals surface area contributed by atoms with Gasteiger partial charge in [0.15, 0.2) is 11.6 Å². The van der Waals surface area contributed by atoms with Gasteiger partial charge in [0.2, 0.25) is 0 Å². The van der Waals surface area contributed by atoms with Gasteiger partial charge in [-0.25, -0.2) is 4.98 Å². The molecule has 1 aromatic heterocycles. The maximum atomic E-state index is 12.5. The second-order valence-electron chi connectivity index (χ2n) is 6.06. The van der Waals surface area contributed by atoms with Gasteiger partial charge < -0.3 is 19.4 Å². The van der Waals surface area contributed by atoms with E-state index in [9.17, 15) is 4.79 Å². The van der Waals surface area contributed by atoms with Crippen molar-refractivity contribution in [1.29, 1.82) is 0 Å². The van der Waals surface area contributed by atoms with Crippen molar-refractivity contribution >= 4 is 5.91 Å². The van der Waals surface area contributed by atoms with Gasteiger partial charge in [0.25, 0.3) is 5.91 Å². The minimum Gasteiger partial charge on any atom is -0.448 e. The average Bonchev–Trinajstić information content (AvgIpc) is 2.96. The average molecular weight is 293 g/mol. The zero-order chi connectivity index (χ0) is 14.8. The fraction of sp³-hybridized carbons (Fsp3) is 0.733. The number of hydrogen-bond donors (Lipinski definition) is 1. The summed E-state index contributed by atoms with van der Waals surface area (Å²) in [5.74, 6) is 0.977. The molecule has 0 aromatic carbocycles. The van der Waals surface area contributed by atoms with Crippen LogP contribution in [0, 0.1) is 0 Å². The molecule has 3 heterocycles. The zero-order valence-electron chi connectivity index (χ0n) is 12.7. The number of carbonyl (C=O) groups excluding carboxylic acids is 1. The van der Waals surface area contributed by atoms with Gasteiger partial charge in [-0.1, -0.05) is 0 Å². The van der Waals surface area contributed by atoms with Crippen LogP contribution in [0.1, 0.15) is 49.0 Å². The summed E-state index contributed by atoms with van der Waals surface area (Å²) < 4.78 is 11.2. The Hall–Kier alpha value is -1.40. The summed E-state index contributed by atoms with van der Waals surface area (Å²) in [5.41, 5.74) is 0.421. The van der Waals surface area contributed by atoms with Gasteiger partial charge in [0.1, 0.15) is 6.26 Å². The molecule has 2 atom stereocenters. The molecule has 0 spiro atoms. The summed E-state index contributed by atoms with van der Waals surface area (Å²) in [5, 5.41) is 3.32. The van der Waals surface area contributed by atoms with Gasteiger partial charge in [-0.05, 0) is 39.8 Å². The third kappa shape index (κ3) is 3.27. The van der Waals surface area contributed by atoms with Crippen LogP contribution in [-0.2, 0) is 4.74 Å². The molecule has 0 aliphatic carbocycles. The van der Waals surface area contributed by atoms with Crippen molar-refractivity contribution in [3.05, 3.63) is 17.8 Å². The number of oxazole rings is 1. The summed E-state index contributed by atoms with van der Waals surface area (Å²) in [7, 11) is 0. The van der Waals surface area contributed by atoms with E-state index in [4.69, 9.17) is 9.15 Å². The number of ether oxygens (including phenoxy) is 1. The summed E-state index contributed by atoms with van der Waals surface area (Å²) in [6.07, 6.45) is 3.66. The van der Waals surface area contributed by atoms with Crippen molar-refractivity contribution in [1.82, 2.24) is 15.2 Å². The van der Waals surface area contributed by atoms with E-state index in [2.05, 4.69) is 10.3 Å². The zero-order valence-corrected chi connectivity index (χ0v) is 12.7. The Morgan fingerprint density at radius 3 is 2.62 bits per heavy atom. The number of amides is 1. The van der Waals surface area contributed by atoms with Crippen molar-refractivity contribution in [2.24, 2.45) is 0 Å². The van der Waals surface area contributed by atoms with Crippen LogP contribution in [0.3, 0.4) is 0 Å². The first-order valence-corrected chi connectivity index (χ1v) is 7.74. The number of carbonyl (C=O) groups is 1. The number of nitrogens with zero attached hydrogens (tertiary/aromatic N) is 2. The molecule has 1 amide bonds. The minimum atomic E-state index is -0.0547. The molecule has 0 bridgehead atoms. The van der Waals surface area contributed by atoms with Gasteiger partial charge in [-0.15, -0.1) is 0 Å². The number of aromatic nitrogens is 1. The molecule has 2 aliphatic heterocycles. The molecule has 21 heavy (non-hydrogen) atoms.